The SMILES string of the molecule is COc1ccc2c(NCC(O)CC(C)C)nccc2c1. The topological polar surface area (TPSA) is 54.4 Å². The van der Waals surface area contributed by atoms with Gasteiger partial charge in [-0.1, -0.05) is 13.8 Å². The van der Waals surface area contributed by atoms with Gasteiger partial charge >= 0.3 is 0 Å². The number of methoxy groups -OCH3 is 1. The molecule has 0 fully saturated rings. The van der Waals surface area contributed by atoms with Gasteiger partial charge in [0.25, 0.3) is 0 Å². The van der Waals surface area contributed by atoms with Crippen LogP contribution < -0.4 is 10.1 Å². The van der Waals surface area contributed by atoms with Crippen LogP contribution >= 0.6 is 0 Å². The van der Waals surface area contributed by atoms with Crippen molar-refractivity contribution >= 4 is 16.6 Å². The van der Waals surface area contributed by atoms with E-state index >= 15 is 0 Å². The molecule has 108 valence electrons. The summed E-state index contributed by atoms with van der Waals surface area (Å²) in [5.41, 5.74) is 0. The lowest BCUT2D eigenvalue weighted by Crippen LogP contribution is -2.21. The minimum absolute atomic E-state index is 0.356. The standard InChI is InChI=1S/C16H22N2O2/c1-11(2)8-13(19)10-18-16-15-5-4-14(20-3)9-12(15)6-7-17-16/h4-7,9,11,13,19H,8,10H2,1-3H3,(H,17,18). The van der Waals surface area contributed by atoms with Gasteiger partial charge in [0.1, 0.15) is 11.6 Å². The van der Waals surface area contributed by atoms with Gasteiger partial charge in [-0.25, -0.2) is 4.98 Å². The van der Waals surface area contributed by atoms with Gasteiger partial charge in [0.15, 0.2) is 0 Å². The molecule has 0 saturated heterocycles. The summed E-state index contributed by atoms with van der Waals surface area (Å²) in [5, 5.41) is 15.3. The zero-order valence-electron chi connectivity index (χ0n) is 12.3. The molecule has 4 nitrogen and oxygen atoms in total. The van der Waals surface area contributed by atoms with Crippen LogP contribution in [0.3, 0.4) is 0 Å². The Morgan fingerprint density at radius 2 is 2.10 bits per heavy atom. The number of anilines is 1. The van der Waals surface area contributed by atoms with E-state index in [1.54, 1.807) is 13.3 Å². The van der Waals surface area contributed by atoms with Crippen LogP contribution in [-0.4, -0.2) is 29.8 Å². The summed E-state index contributed by atoms with van der Waals surface area (Å²) in [6.45, 7) is 4.72. The molecule has 0 radical (unpaired) electrons. The second kappa shape index (κ2) is 6.57. The van der Waals surface area contributed by atoms with Gasteiger partial charge < -0.3 is 15.2 Å². The maximum absolute atomic E-state index is 9.92. The maximum atomic E-state index is 9.92. The summed E-state index contributed by atoms with van der Waals surface area (Å²) in [6.07, 6.45) is 2.19. The predicted octanol–water partition coefficient (Wildman–Crippen LogP) is 3.06. The maximum Gasteiger partial charge on any atom is 0.133 e. The molecule has 2 aromatic rings. The monoisotopic (exact) mass is 274 g/mol. The first kappa shape index (κ1) is 14.6. The van der Waals surface area contributed by atoms with Crippen molar-refractivity contribution in [2.24, 2.45) is 5.92 Å². The van der Waals surface area contributed by atoms with E-state index < -0.39 is 0 Å². The zero-order valence-corrected chi connectivity index (χ0v) is 12.3. The number of rotatable bonds is 6. The number of nitrogens with one attached hydrogen (secondary N) is 1. The number of ether oxygens (including phenoxy) is 1. The summed E-state index contributed by atoms with van der Waals surface area (Å²) in [7, 11) is 1.66. The van der Waals surface area contributed by atoms with Crippen LogP contribution in [0, 0.1) is 5.92 Å². The van der Waals surface area contributed by atoms with Gasteiger partial charge in [0.2, 0.25) is 0 Å². The molecule has 0 saturated carbocycles. The smallest absolute Gasteiger partial charge is 0.133 e. The fourth-order valence-corrected chi connectivity index (χ4v) is 2.27. The highest BCUT2D eigenvalue weighted by molar-refractivity contribution is 5.92. The number of hydrogen-bond donors (Lipinski definition) is 2. The Balaban J connectivity index is 2.14. The lowest BCUT2D eigenvalue weighted by Gasteiger charge is -2.15. The highest BCUT2D eigenvalue weighted by Crippen LogP contribution is 2.25. The van der Waals surface area contributed by atoms with Crippen LogP contribution in [0.2, 0.25) is 0 Å². The molecule has 1 atom stereocenters. The van der Waals surface area contributed by atoms with Gasteiger partial charge in [-0.15, -0.1) is 0 Å². The average Bonchev–Trinajstić information content (AvgIpc) is 2.43. The quantitative estimate of drug-likeness (QED) is 0.850. The van der Waals surface area contributed by atoms with E-state index in [-0.39, 0.29) is 6.10 Å². The molecular weight excluding hydrogens is 252 g/mol. The van der Waals surface area contributed by atoms with Crippen molar-refractivity contribution in [1.82, 2.24) is 4.98 Å². The van der Waals surface area contributed by atoms with Gasteiger partial charge in [-0.05, 0) is 42.0 Å². The molecular formula is C16H22N2O2. The van der Waals surface area contributed by atoms with Crippen LogP contribution in [0.15, 0.2) is 30.5 Å². The lowest BCUT2D eigenvalue weighted by molar-refractivity contribution is 0.161. The van der Waals surface area contributed by atoms with E-state index in [9.17, 15) is 5.11 Å². The van der Waals surface area contributed by atoms with Crippen LogP contribution in [0.25, 0.3) is 10.8 Å². The van der Waals surface area contributed by atoms with Gasteiger partial charge in [0, 0.05) is 18.1 Å². The van der Waals surface area contributed by atoms with E-state index in [4.69, 9.17) is 4.74 Å². The minimum Gasteiger partial charge on any atom is -0.497 e. The molecule has 0 aliphatic heterocycles. The Morgan fingerprint density at radius 3 is 2.80 bits per heavy atom. The van der Waals surface area contributed by atoms with E-state index in [0.717, 1.165) is 28.8 Å². The van der Waals surface area contributed by atoms with Crippen LogP contribution in [0.4, 0.5) is 5.82 Å². The molecule has 1 unspecified atom stereocenters. The molecule has 0 aliphatic carbocycles. The highest BCUT2D eigenvalue weighted by Gasteiger charge is 2.09. The van der Waals surface area contributed by atoms with Crippen LogP contribution in [-0.2, 0) is 0 Å². The van der Waals surface area contributed by atoms with Crippen molar-refractivity contribution in [2.45, 2.75) is 26.4 Å². The number of pyridine rings is 1. The van der Waals surface area contributed by atoms with Crippen molar-refractivity contribution in [3.63, 3.8) is 0 Å². The molecule has 1 aromatic heterocycles. The third-order valence-corrected chi connectivity index (χ3v) is 3.22. The second-order valence-electron chi connectivity index (χ2n) is 5.41. The van der Waals surface area contributed by atoms with Crippen molar-refractivity contribution in [1.29, 1.82) is 0 Å². The predicted molar refractivity (Wildman–Crippen MR) is 82.2 cm³/mol. The van der Waals surface area contributed by atoms with E-state index in [1.165, 1.54) is 0 Å². The molecule has 1 heterocycles. The van der Waals surface area contributed by atoms with Crippen molar-refractivity contribution in [3.8, 4) is 5.75 Å². The molecule has 20 heavy (non-hydrogen) atoms. The summed E-state index contributed by atoms with van der Waals surface area (Å²) >= 11 is 0. The second-order valence-corrected chi connectivity index (χ2v) is 5.41. The molecule has 4 heteroatoms. The Bertz CT molecular complexity index is 569. The fourth-order valence-electron chi connectivity index (χ4n) is 2.27. The number of fused-ring (bicyclic) bond motifs is 1. The molecule has 1 aromatic carbocycles. The largest absolute Gasteiger partial charge is 0.497 e. The average molecular weight is 274 g/mol. The first-order chi connectivity index (χ1) is 9.60. The Labute approximate surface area is 119 Å². The summed E-state index contributed by atoms with van der Waals surface area (Å²) in [5.74, 6) is 2.11. The molecule has 0 amide bonds. The third kappa shape index (κ3) is 3.61. The van der Waals surface area contributed by atoms with Crippen molar-refractivity contribution < 1.29 is 9.84 Å². The first-order valence-corrected chi connectivity index (χ1v) is 6.95. The number of benzene rings is 1. The Kier molecular flexibility index (Phi) is 4.79. The van der Waals surface area contributed by atoms with E-state index in [1.807, 2.05) is 24.3 Å². The Hall–Kier alpha value is -1.81. The number of hydrogen-bond acceptors (Lipinski definition) is 4. The number of aliphatic hydroxyl groups excluding tert-OH is 1. The molecule has 0 spiro atoms. The van der Waals surface area contributed by atoms with Gasteiger partial charge in [-0.3, -0.25) is 0 Å². The third-order valence-electron chi connectivity index (χ3n) is 3.22. The number of aromatic nitrogens is 1. The fraction of sp³-hybridized carbons (Fsp3) is 0.438. The van der Waals surface area contributed by atoms with E-state index in [0.29, 0.717) is 12.5 Å². The normalized spacial score (nSPS) is 12.7. The molecule has 0 aliphatic rings. The minimum atomic E-state index is -0.356. The first-order valence-electron chi connectivity index (χ1n) is 6.95. The molecule has 2 N–H and O–H groups in total. The van der Waals surface area contributed by atoms with Crippen molar-refractivity contribution in [3.05, 3.63) is 30.5 Å². The lowest BCUT2D eigenvalue weighted by atomic mass is 10.1. The summed E-state index contributed by atoms with van der Waals surface area (Å²) in [6, 6.07) is 7.83. The summed E-state index contributed by atoms with van der Waals surface area (Å²) in [4.78, 5) is 4.35. The van der Waals surface area contributed by atoms with Crippen LogP contribution in [0.1, 0.15) is 20.3 Å². The highest BCUT2D eigenvalue weighted by atomic mass is 16.5. The molecule has 2 rings (SSSR count). The van der Waals surface area contributed by atoms with Gasteiger partial charge in [-0.2, -0.15) is 0 Å². The van der Waals surface area contributed by atoms with E-state index in [2.05, 4.69) is 24.1 Å². The van der Waals surface area contributed by atoms with Crippen molar-refractivity contribution in [2.75, 3.05) is 19.0 Å². The molecule has 0 bridgehead atoms. The Morgan fingerprint density at radius 1 is 1.30 bits per heavy atom. The van der Waals surface area contributed by atoms with Gasteiger partial charge in [0.05, 0.1) is 13.2 Å². The summed E-state index contributed by atoms with van der Waals surface area (Å²) < 4.78 is 5.22. The number of nitrogens with zero attached hydrogens (tertiary/aromatic N) is 1. The number of aliphatic hydroxyl groups is 1. The van der Waals surface area contributed by atoms with Crippen LogP contribution in [0.5, 0.6) is 5.75 Å². The zero-order chi connectivity index (χ0) is 14.5.